The van der Waals surface area contributed by atoms with Gasteiger partial charge in [0.25, 0.3) is 0 Å². The van der Waals surface area contributed by atoms with Gasteiger partial charge in [-0.25, -0.2) is 4.99 Å². The molecule has 1 heteroatoms. The van der Waals surface area contributed by atoms with Crippen LogP contribution in [0.2, 0.25) is 0 Å². The highest BCUT2D eigenvalue weighted by Gasteiger charge is 2.13. The molecule has 0 bridgehead atoms. The van der Waals surface area contributed by atoms with Crippen molar-refractivity contribution in [2.45, 2.75) is 0 Å². The van der Waals surface area contributed by atoms with Gasteiger partial charge in [0, 0.05) is 11.1 Å². The zero-order chi connectivity index (χ0) is 18.8. The fraction of sp³-hybridized carbons (Fsp3) is 0. The maximum absolute atomic E-state index is 5.07. The summed E-state index contributed by atoms with van der Waals surface area (Å²) in [6, 6.07) is 40.1. The highest BCUT2D eigenvalue weighted by Crippen LogP contribution is 2.31. The van der Waals surface area contributed by atoms with Crippen LogP contribution in [0.4, 0.5) is 5.69 Å². The number of hydrogen-bond donors (Lipinski definition) is 0. The summed E-state index contributed by atoms with van der Waals surface area (Å²) in [6.07, 6.45) is 0. The minimum absolute atomic E-state index is 0.957. The Bertz CT molecular complexity index is 1290. The average Bonchev–Trinajstić information content (AvgIpc) is 2.78. The largest absolute Gasteiger partial charge is 0.248 e. The monoisotopic (exact) mass is 357 g/mol. The van der Waals surface area contributed by atoms with Crippen LogP contribution in [0.5, 0.6) is 0 Å². The Morgan fingerprint density at radius 1 is 0.500 bits per heavy atom. The number of benzene rings is 5. The summed E-state index contributed by atoms with van der Waals surface area (Å²) in [5, 5.41) is 4.98. The van der Waals surface area contributed by atoms with Crippen molar-refractivity contribution >= 4 is 32.9 Å². The average molecular weight is 357 g/mol. The van der Waals surface area contributed by atoms with Gasteiger partial charge in [-0.2, -0.15) is 0 Å². The molecule has 0 aliphatic rings. The summed E-state index contributed by atoms with van der Waals surface area (Å²) in [7, 11) is 0. The Hall–Kier alpha value is -3.71. The SMILES string of the molecule is c1ccc(N=C(c2ccccc2)c2cc3ccccc3c3ccccc23)cc1. The second kappa shape index (κ2) is 7.13. The van der Waals surface area contributed by atoms with E-state index in [-0.39, 0.29) is 0 Å². The standard InChI is InChI=1S/C27H19N/c1-3-11-20(12-4-1)27(28-22-14-5-2-6-15-22)26-19-21-13-7-8-16-23(21)24-17-9-10-18-25(24)26/h1-19H. The molecule has 0 saturated heterocycles. The van der Waals surface area contributed by atoms with Crippen LogP contribution < -0.4 is 0 Å². The molecule has 5 aromatic rings. The molecule has 0 aliphatic carbocycles. The predicted octanol–water partition coefficient (Wildman–Crippen LogP) is 7.16. The Morgan fingerprint density at radius 2 is 1.07 bits per heavy atom. The lowest BCUT2D eigenvalue weighted by molar-refractivity contribution is 1.49. The number of nitrogens with zero attached hydrogens (tertiary/aromatic N) is 1. The highest BCUT2D eigenvalue weighted by atomic mass is 14.7. The van der Waals surface area contributed by atoms with Crippen LogP contribution in [0.25, 0.3) is 21.5 Å². The Kier molecular flexibility index (Phi) is 4.19. The van der Waals surface area contributed by atoms with E-state index >= 15 is 0 Å². The molecule has 0 aromatic heterocycles. The van der Waals surface area contributed by atoms with Crippen molar-refractivity contribution < 1.29 is 0 Å². The van der Waals surface area contributed by atoms with Gasteiger partial charge in [0.2, 0.25) is 0 Å². The summed E-state index contributed by atoms with van der Waals surface area (Å²) in [5.41, 5.74) is 4.23. The molecule has 0 atom stereocenters. The van der Waals surface area contributed by atoms with Crippen LogP contribution >= 0.6 is 0 Å². The van der Waals surface area contributed by atoms with E-state index in [0.29, 0.717) is 0 Å². The third-order valence-electron chi connectivity index (χ3n) is 5.07. The van der Waals surface area contributed by atoms with E-state index in [1.54, 1.807) is 0 Å². The van der Waals surface area contributed by atoms with Crippen molar-refractivity contribution in [3.8, 4) is 0 Å². The van der Waals surface area contributed by atoms with E-state index in [9.17, 15) is 0 Å². The van der Waals surface area contributed by atoms with Crippen LogP contribution in [0.3, 0.4) is 0 Å². The van der Waals surface area contributed by atoms with Gasteiger partial charge in [0.15, 0.2) is 0 Å². The summed E-state index contributed by atoms with van der Waals surface area (Å²) >= 11 is 0. The van der Waals surface area contributed by atoms with E-state index in [1.165, 1.54) is 21.5 Å². The van der Waals surface area contributed by atoms with Crippen molar-refractivity contribution in [1.82, 2.24) is 0 Å². The summed E-state index contributed by atoms with van der Waals surface area (Å²) in [4.78, 5) is 5.07. The molecular formula is C27H19N. The van der Waals surface area contributed by atoms with Crippen molar-refractivity contribution in [2.75, 3.05) is 0 Å². The molecule has 28 heavy (non-hydrogen) atoms. The van der Waals surface area contributed by atoms with Crippen molar-refractivity contribution in [2.24, 2.45) is 4.99 Å². The molecule has 132 valence electrons. The second-order valence-corrected chi connectivity index (χ2v) is 6.85. The van der Waals surface area contributed by atoms with Crippen molar-refractivity contribution in [1.29, 1.82) is 0 Å². The molecule has 0 heterocycles. The highest BCUT2D eigenvalue weighted by molar-refractivity contribution is 6.24. The predicted molar refractivity (Wildman–Crippen MR) is 120 cm³/mol. The van der Waals surface area contributed by atoms with E-state index < -0.39 is 0 Å². The minimum atomic E-state index is 0.957. The first-order chi connectivity index (χ1) is 13.9. The maximum atomic E-state index is 5.07. The first kappa shape index (κ1) is 16.5. The first-order valence-corrected chi connectivity index (χ1v) is 9.50. The Morgan fingerprint density at radius 3 is 1.82 bits per heavy atom. The van der Waals surface area contributed by atoms with E-state index in [1.807, 2.05) is 36.4 Å². The van der Waals surface area contributed by atoms with E-state index in [0.717, 1.165) is 22.5 Å². The van der Waals surface area contributed by atoms with Gasteiger partial charge in [0.05, 0.1) is 11.4 Å². The molecule has 1 nitrogen and oxygen atoms in total. The van der Waals surface area contributed by atoms with Crippen LogP contribution in [0.15, 0.2) is 120 Å². The number of rotatable bonds is 3. The molecule has 5 aromatic carbocycles. The Labute approximate surface area is 164 Å². The minimum Gasteiger partial charge on any atom is -0.248 e. The summed E-state index contributed by atoms with van der Waals surface area (Å²) < 4.78 is 0. The lowest BCUT2D eigenvalue weighted by atomic mass is 9.92. The number of hydrogen-bond acceptors (Lipinski definition) is 1. The molecule has 0 spiro atoms. The van der Waals surface area contributed by atoms with Crippen LogP contribution in [-0.4, -0.2) is 5.71 Å². The first-order valence-electron chi connectivity index (χ1n) is 9.50. The van der Waals surface area contributed by atoms with Gasteiger partial charge >= 0.3 is 0 Å². The zero-order valence-corrected chi connectivity index (χ0v) is 15.4. The van der Waals surface area contributed by atoms with Crippen molar-refractivity contribution in [3.05, 3.63) is 126 Å². The fourth-order valence-electron chi connectivity index (χ4n) is 3.76. The molecular weight excluding hydrogens is 338 g/mol. The number of aliphatic imine (C=N–C) groups is 1. The molecule has 0 saturated carbocycles. The molecule has 5 rings (SSSR count). The summed E-state index contributed by atoms with van der Waals surface area (Å²) in [6.45, 7) is 0. The smallest absolute Gasteiger partial charge is 0.0787 e. The van der Waals surface area contributed by atoms with Gasteiger partial charge < -0.3 is 0 Å². The third-order valence-corrected chi connectivity index (χ3v) is 5.07. The normalized spacial score (nSPS) is 11.8. The van der Waals surface area contributed by atoms with Gasteiger partial charge in [-0.15, -0.1) is 0 Å². The number of para-hydroxylation sites is 1. The second-order valence-electron chi connectivity index (χ2n) is 6.85. The maximum Gasteiger partial charge on any atom is 0.0787 e. The zero-order valence-electron chi connectivity index (χ0n) is 15.4. The molecule has 0 amide bonds. The quantitative estimate of drug-likeness (QED) is 0.240. The van der Waals surface area contributed by atoms with Gasteiger partial charge in [-0.05, 0) is 39.7 Å². The summed E-state index contributed by atoms with van der Waals surface area (Å²) in [5.74, 6) is 0. The topological polar surface area (TPSA) is 12.4 Å². The van der Waals surface area contributed by atoms with E-state index in [4.69, 9.17) is 4.99 Å². The lowest BCUT2D eigenvalue weighted by Gasteiger charge is -2.14. The van der Waals surface area contributed by atoms with Crippen LogP contribution in [0, 0.1) is 0 Å². The molecule has 0 N–H and O–H groups in total. The molecule has 0 unspecified atom stereocenters. The van der Waals surface area contributed by atoms with Crippen molar-refractivity contribution in [3.63, 3.8) is 0 Å². The van der Waals surface area contributed by atoms with Gasteiger partial charge in [0.1, 0.15) is 0 Å². The fourth-order valence-corrected chi connectivity index (χ4v) is 3.76. The Balaban J connectivity index is 1.87. The molecule has 0 radical (unpaired) electrons. The number of fused-ring (bicyclic) bond motifs is 3. The molecule has 0 aliphatic heterocycles. The lowest BCUT2D eigenvalue weighted by Crippen LogP contribution is -2.04. The van der Waals surface area contributed by atoms with Crippen LogP contribution in [0.1, 0.15) is 11.1 Å². The van der Waals surface area contributed by atoms with E-state index in [2.05, 4.69) is 78.9 Å². The van der Waals surface area contributed by atoms with Crippen LogP contribution in [-0.2, 0) is 0 Å². The van der Waals surface area contributed by atoms with Gasteiger partial charge in [-0.1, -0.05) is 97.1 Å². The van der Waals surface area contributed by atoms with Gasteiger partial charge in [-0.3, -0.25) is 0 Å². The molecule has 0 fully saturated rings. The third kappa shape index (κ3) is 2.97.